The molecule has 4 nitrogen and oxygen atoms in total. The van der Waals surface area contributed by atoms with Gasteiger partial charge in [0.05, 0.1) is 23.4 Å². The Morgan fingerprint density at radius 1 is 1.38 bits per heavy atom. The molecule has 1 aromatic carbocycles. The minimum Gasteiger partial charge on any atom is -0.488 e. The molecule has 7 heteroatoms. The molecule has 0 fully saturated rings. The maximum atomic E-state index is 12.9. The Morgan fingerprint density at radius 2 is 2.14 bits per heavy atom. The highest BCUT2D eigenvalue weighted by Crippen LogP contribution is 2.37. The normalized spacial score (nSPS) is 11.2. The first-order valence-corrected chi connectivity index (χ1v) is 6.19. The lowest BCUT2D eigenvalue weighted by atomic mass is 10.1. The SMILES string of the molecule is CCn1cc(COc2ccc(C#N)cc2C(F)(F)F)cn1. The van der Waals surface area contributed by atoms with Crippen LogP contribution >= 0.6 is 0 Å². The molecule has 0 spiro atoms. The van der Waals surface area contributed by atoms with E-state index in [0.717, 1.165) is 12.1 Å². The van der Waals surface area contributed by atoms with Crippen molar-refractivity contribution in [2.24, 2.45) is 0 Å². The van der Waals surface area contributed by atoms with Crippen LogP contribution in [0.25, 0.3) is 0 Å². The molecule has 0 radical (unpaired) electrons. The summed E-state index contributed by atoms with van der Waals surface area (Å²) in [6, 6.07) is 4.92. The molecule has 0 unspecified atom stereocenters. The quantitative estimate of drug-likeness (QED) is 0.869. The third kappa shape index (κ3) is 3.54. The van der Waals surface area contributed by atoms with Crippen LogP contribution < -0.4 is 4.74 Å². The molecule has 0 amide bonds. The molecule has 2 rings (SSSR count). The number of ether oxygens (including phenoxy) is 1. The lowest BCUT2D eigenvalue weighted by Gasteiger charge is -2.13. The first kappa shape index (κ1) is 14.9. The second kappa shape index (κ2) is 5.87. The second-order valence-corrected chi connectivity index (χ2v) is 4.31. The van der Waals surface area contributed by atoms with Crippen molar-refractivity contribution in [2.75, 3.05) is 0 Å². The number of halogens is 3. The molecule has 1 aromatic heterocycles. The van der Waals surface area contributed by atoms with Gasteiger partial charge < -0.3 is 4.74 Å². The Balaban J connectivity index is 2.21. The number of hydrogen-bond acceptors (Lipinski definition) is 3. The summed E-state index contributed by atoms with van der Waals surface area (Å²) < 4.78 is 45.7. The highest BCUT2D eigenvalue weighted by molar-refractivity contribution is 5.43. The van der Waals surface area contributed by atoms with E-state index in [4.69, 9.17) is 10.00 Å². The predicted molar refractivity (Wildman–Crippen MR) is 68.4 cm³/mol. The summed E-state index contributed by atoms with van der Waals surface area (Å²) in [5.41, 5.74) is -0.341. The number of alkyl halides is 3. The van der Waals surface area contributed by atoms with Gasteiger partial charge in [0, 0.05) is 18.3 Å². The molecule has 21 heavy (non-hydrogen) atoms. The predicted octanol–water partition coefficient (Wildman–Crippen LogP) is 3.37. The number of nitriles is 1. The van der Waals surface area contributed by atoms with Gasteiger partial charge in [-0.1, -0.05) is 0 Å². The van der Waals surface area contributed by atoms with Gasteiger partial charge in [-0.3, -0.25) is 4.68 Å². The summed E-state index contributed by atoms with van der Waals surface area (Å²) >= 11 is 0. The topological polar surface area (TPSA) is 50.8 Å². The molecule has 0 bridgehead atoms. The van der Waals surface area contributed by atoms with Gasteiger partial charge in [-0.25, -0.2) is 0 Å². The molecule has 110 valence electrons. The van der Waals surface area contributed by atoms with Crippen molar-refractivity contribution in [3.05, 3.63) is 47.3 Å². The molecular formula is C14H12F3N3O. The standard InChI is InChI=1S/C14H12F3N3O/c1-2-20-8-11(7-19-20)9-21-13-4-3-10(6-18)5-12(13)14(15,16)17/h3-5,7-8H,2,9H2,1H3. The van der Waals surface area contributed by atoms with E-state index in [0.29, 0.717) is 12.1 Å². The van der Waals surface area contributed by atoms with Crippen molar-refractivity contribution in [3.63, 3.8) is 0 Å². The zero-order valence-corrected chi connectivity index (χ0v) is 11.2. The number of aryl methyl sites for hydroxylation is 1. The Labute approximate surface area is 119 Å². The molecule has 0 aliphatic carbocycles. The maximum Gasteiger partial charge on any atom is 0.420 e. The summed E-state index contributed by atoms with van der Waals surface area (Å²) in [6.07, 6.45) is -1.33. The van der Waals surface area contributed by atoms with Gasteiger partial charge >= 0.3 is 6.18 Å². The van der Waals surface area contributed by atoms with Gasteiger partial charge in [0.15, 0.2) is 0 Å². The van der Waals surface area contributed by atoms with Crippen molar-refractivity contribution < 1.29 is 17.9 Å². The van der Waals surface area contributed by atoms with E-state index in [1.807, 2.05) is 6.92 Å². The van der Waals surface area contributed by atoms with Crippen LogP contribution in [-0.4, -0.2) is 9.78 Å². The van der Waals surface area contributed by atoms with E-state index in [1.165, 1.54) is 6.07 Å². The molecule has 0 aliphatic rings. The van der Waals surface area contributed by atoms with Crippen LogP contribution in [0.15, 0.2) is 30.6 Å². The summed E-state index contributed by atoms with van der Waals surface area (Å²) in [4.78, 5) is 0. The number of nitrogens with zero attached hydrogens (tertiary/aromatic N) is 3. The highest BCUT2D eigenvalue weighted by atomic mass is 19.4. The van der Waals surface area contributed by atoms with Gasteiger partial charge in [0.1, 0.15) is 12.4 Å². The zero-order valence-electron chi connectivity index (χ0n) is 11.2. The summed E-state index contributed by atoms with van der Waals surface area (Å²) in [6.45, 7) is 2.56. The second-order valence-electron chi connectivity index (χ2n) is 4.31. The Morgan fingerprint density at radius 3 is 2.71 bits per heavy atom. The number of aromatic nitrogens is 2. The summed E-state index contributed by atoms with van der Waals surface area (Å²) in [5.74, 6) is -0.300. The molecule has 0 aliphatic heterocycles. The first-order valence-electron chi connectivity index (χ1n) is 6.19. The Hall–Kier alpha value is -2.49. The zero-order chi connectivity index (χ0) is 15.5. The average molecular weight is 295 g/mol. The van der Waals surface area contributed by atoms with Gasteiger partial charge in [-0.15, -0.1) is 0 Å². The molecule has 0 atom stereocenters. The van der Waals surface area contributed by atoms with Gasteiger partial charge in [0.2, 0.25) is 0 Å². The van der Waals surface area contributed by atoms with Gasteiger partial charge in [-0.05, 0) is 25.1 Å². The van der Waals surface area contributed by atoms with Crippen molar-refractivity contribution in [1.82, 2.24) is 9.78 Å². The van der Waals surface area contributed by atoms with Crippen molar-refractivity contribution in [3.8, 4) is 11.8 Å². The van der Waals surface area contributed by atoms with E-state index in [1.54, 1.807) is 23.1 Å². The van der Waals surface area contributed by atoms with E-state index < -0.39 is 11.7 Å². The minimum atomic E-state index is -4.57. The largest absolute Gasteiger partial charge is 0.488 e. The van der Waals surface area contributed by atoms with E-state index in [-0.39, 0.29) is 17.9 Å². The fourth-order valence-electron chi connectivity index (χ4n) is 1.76. The smallest absolute Gasteiger partial charge is 0.420 e. The van der Waals surface area contributed by atoms with Crippen molar-refractivity contribution in [1.29, 1.82) is 5.26 Å². The summed E-state index contributed by atoms with van der Waals surface area (Å²) in [5, 5.41) is 12.7. The van der Waals surface area contributed by atoms with Crippen LogP contribution in [-0.2, 0) is 19.3 Å². The lowest BCUT2D eigenvalue weighted by Crippen LogP contribution is -2.09. The number of rotatable bonds is 4. The van der Waals surface area contributed by atoms with Crippen LogP contribution in [0.4, 0.5) is 13.2 Å². The van der Waals surface area contributed by atoms with Gasteiger partial charge in [-0.2, -0.15) is 23.5 Å². The van der Waals surface area contributed by atoms with Gasteiger partial charge in [0.25, 0.3) is 0 Å². The van der Waals surface area contributed by atoms with Crippen LogP contribution in [0.5, 0.6) is 5.75 Å². The van der Waals surface area contributed by atoms with Crippen molar-refractivity contribution >= 4 is 0 Å². The highest BCUT2D eigenvalue weighted by Gasteiger charge is 2.34. The number of benzene rings is 1. The van der Waals surface area contributed by atoms with Crippen LogP contribution in [0.2, 0.25) is 0 Å². The average Bonchev–Trinajstić information content (AvgIpc) is 2.92. The van der Waals surface area contributed by atoms with E-state index in [9.17, 15) is 13.2 Å². The van der Waals surface area contributed by atoms with E-state index >= 15 is 0 Å². The third-order valence-corrected chi connectivity index (χ3v) is 2.82. The molecule has 0 saturated carbocycles. The molecule has 0 saturated heterocycles. The minimum absolute atomic E-state index is 0.0189. The van der Waals surface area contributed by atoms with Crippen LogP contribution in [0.3, 0.4) is 0 Å². The molecular weight excluding hydrogens is 283 g/mol. The maximum absolute atomic E-state index is 12.9. The van der Waals surface area contributed by atoms with Crippen LogP contribution in [0, 0.1) is 11.3 Å². The Bertz CT molecular complexity index is 671. The van der Waals surface area contributed by atoms with Crippen LogP contribution in [0.1, 0.15) is 23.6 Å². The molecule has 1 heterocycles. The van der Waals surface area contributed by atoms with E-state index in [2.05, 4.69) is 5.10 Å². The number of hydrogen-bond donors (Lipinski definition) is 0. The third-order valence-electron chi connectivity index (χ3n) is 2.82. The molecule has 2 aromatic rings. The molecule has 0 N–H and O–H groups in total. The summed E-state index contributed by atoms with van der Waals surface area (Å²) in [7, 11) is 0. The first-order chi connectivity index (χ1) is 9.94. The fourth-order valence-corrected chi connectivity index (χ4v) is 1.76. The van der Waals surface area contributed by atoms with Crippen molar-refractivity contribution in [2.45, 2.75) is 26.3 Å². The monoisotopic (exact) mass is 295 g/mol. The Kier molecular flexibility index (Phi) is 4.17. The fraction of sp³-hybridized carbons (Fsp3) is 0.286. The lowest BCUT2D eigenvalue weighted by molar-refractivity contribution is -0.139.